The fraction of sp³-hybridized carbons (Fsp3) is 0.480. The van der Waals surface area contributed by atoms with Crippen LogP contribution in [0.4, 0.5) is 14.5 Å². The van der Waals surface area contributed by atoms with Gasteiger partial charge in [0.05, 0.1) is 18.3 Å². The largest absolute Gasteiger partial charge is 0.393 e. The summed E-state index contributed by atoms with van der Waals surface area (Å²) in [4.78, 5) is 6.61. The second-order valence-electron chi connectivity index (χ2n) is 8.84. The van der Waals surface area contributed by atoms with Gasteiger partial charge >= 0.3 is 0 Å². The first-order chi connectivity index (χ1) is 15.5. The first-order valence-electron chi connectivity index (χ1n) is 11.5. The van der Waals surface area contributed by atoms with Gasteiger partial charge in [0, 0.05) is 31.6 Å². The van der Waals surface area contributed by atoms with E-state index < -0.39 is 0 Å². The maximum absolute atomic E-state index is 14.7. The molecule has 7 heteroatoms. The third kappa shape index (κ3) is 5.38. The number of benzene rings is 2. The molecule has 0 atom stereocenters. The predicted molar refractivity (Wildman–Crippen MR) is 124 cm³/mol. The molecule has 2 aromatic carbocycles. The van der Waals surface area contributed by atoms with E-state index in [1.165, 1.54) is 6.07 Å². The summed E-state index contributed by atoms with van der Waals surface area (Å²) in [6.45, 7) is 5.08. The SMILES string of the molecule is CCNC(=NCc1ccc(N2CCC(O)CC2)c(F)c1)NCC1(c2cccc(F)c2)CC1. The number of piperidine rings is 1. The van der Waals surface area contributed by atoms with E-state index in [-0.39, 0.29) is 23.2 Å². The molecule has 2 aromatic rings. The van der Waals surface area contributed by atoms with E-state index in [4.69, 9.17) is 0 Å². The number of aliphatic imine (C=N–C) groups is 1. The average molecular weight is 443 g/mol. The van der Waals surface area contributed by atoms with Gasteiger partial charge in [-0.2, -0.15) is 0 Å². The molecule has 32 heavy (non-hydrogen) atoms. The number of halogens is 2. The normalized spacial score (nSPS) is 18.5. The van der Waals surface area contributed by atoms with Crippen LogP contribution in [0.1, 0.15) is 43.7 Å². The molecule has 1 saturated carbocycles. The van der Waals surface area contributed by atoms with Crippen molar-refractivity contribution in [3.63, 3.8) is 0 Å². The molecule has 1 aliphatic heterocycles. The molecule has 2 aliphatic rings. The van der Waals surface area contributed by atoms with Crippen LogP contribution in [0.25, 0.3) is 0 Å². The highest BCUT2D eigenvalue weighted by atomic mass is 19.1. The van der Waals surface area contributed by atoms with E-state index in [1.807, 2.05) is 24.0 Å². The van der Waals surface area contributed by atoms with Gasteiger partial charge in [-0.25, -0.2) is 13.8 Å². The summed E-state index contributed by atoms with van der Waals surface area (Å²) < 4.78 is 28.4. The first kappa shape index (κ1) is 22.5. The molecule has 2 fully saturated rings. The summed E-state index contributed by atoms with van der Waals surface area (Å²) >= 11 is 0. The Bertz CT molecular complexity index is 953. The molecular formula is C25H32F2N4O. The Kier molecular flexibility index (Phi) is 6.94. The van der Waals surface area contributed by atoms with E-state index in [2.05, 4.69) is 15.6 Å². The fourth-order valence-electron chi connectivity index (χ4n) is 4.31. The van der Waals surface area contributed by atoms with Crippen LogP contribution in [0.5, 0.6) is 0 Å². The molecular weight excluding hydrogens is 410 g/mol. The Labute approximate surface area is 188 Å². The van der Waals surface area contributed by atoms with E-state index in [0.29, 0.717) is 57.2 Å². The molecule has 0 radical (unpaired) electrons. The zero-order chi connectivity index (χ0) is 22.6. The van der Waals surface area contributed by atoms with E-state index in [9.17, 15) is 13.9 Å². The highest BCUT2D eigenvalue weighted by Crippen LogP contribution is 2.47. The molecule has 0 bridgehead atoms. The molecule has 4 rings (SSSR count). The van der Waals surface area contributed by atoms with Crippen molar-refractivity contribution < 1.29 is 13.9 Å². The standard InChI is InChI=1S/C25H32F2N4O/c1-2-28-24(30-17-25(10-11-25)19-4-3-5-20(26)15-19)29-16-18-6-7-23(22(27)14-18)31-12-8-21(32)9-13-31/h3-7,14-15,21,32H,2,8-13,16-17H2,1H3,(H2,28,29,30). The lowest BCUT2D eigenvalue weighted by molar-refractivity contribution is 0.145. The van der Waals surface area contributed by atoms with Crippen molar-refractivity contribution in [2.45, 2.75) is 50.7 Å². The molecule has 0 unspecified atom stereocenters. The van der Waals surface area contributed by atoms with Gasteiger partial charge in [0.1, 0.15) is 11.6 Å². The number of guanidine groups is 1. The Morgan fingerprint density at radius 3 is 2.56 bits per heavy atom. The summed E-state index contributed by atoms with van der Waals surface area (Å²) in [5.41, 5.74) is 2.35. The Balaban J connectivity index is 1.38. The van der Waals surface area contributed by atoms with Crippen LogP contribution in [0, 0.1) is 11.6 Å². The van der Waals surface area contributed by atoms with Crippen molar-refractivity contribution in [1.29, 1.82) is 0 Å². The lowest BCUT2D eigenvalue weighted by Gasteiger charge is -2.31. The van der Waals surface area contributed by atoms with Crippen LogP contribution >= 0.6 is 0 Å². The molecule has 1 heterocycles. The molecule has 1 saturated heterocycles. The zero-order valence-corrected chi connectivity index (χ0v) is 18.6. The first-order valence-corrected chi connectivity index (χ1v) is 11.5. The van der Waals surface area contributed by atoms with Crippen molar-refractivity contribution in [3.8, 4) is 0 Å². The second-order valence-corrected chi connectivity index (χ2v) is 8.84. The van der Waals surface area contributed by atoms with Gasteiger partial charge in [0.15, 0.2) is 5.96 Å². The molecule has 1 aliphatic carbocycles. The number of aliphatic hydroxyl groups is 1. The fourth-order valence-corrected chi connectivity index (χ4v) is 4.31. The Hall–Kier alpha value is -2.67. The average Bonchev–Trinajstić information content (AvgIpc) is 3.58. The molecule has 0 aromatic heterocycles. The second kappa shape index (κ2) is 9.86. The summed E-state index contributed by atoms with van der Waals surface area (Å²) in [6.07, 6.45) is 3.09. The summed E-state index contributed by atoms with van der Waals surface area (Å²) in [5.74, 6) is 0.209. The van der Waals surface area contributed by atoms with E-state index in [1.54, 1.807) is 24.3 Å². The Morgan fingerprint density at radius 1 is 1.12 bits per heavy atom. The van der Waals surface area contributed by atoms with Crippen LogP contribution in [0.3, 0.4) is 0 Å². The van der Waals surface area contributed by atoms with Gasteiger partial charge in [-0.1, -0.05) is 18.2 Å². The van der Waals surface area contributed by atoms with Gasteiger partial charge in [-0.3, -0.25) is 0 Å². The summed E-state index contributed by atoms with van der Waals surface area (Å²) in [7, 11) is 0. The number of anilines is 1. The number of aliphatic hydroxyl groups excluding tert-OH is 1. The van der Waals surface area contributed by atoms with E-state index in [0.717, 1.165) is 24.0 Å². The van der Waals surface area contributed by atoms with Crippen molar-refractivity contribution >= 4 is 11.6 Å². The van der Waals surface area contributed by atoms with Crippen molar-refractivity contribution in [3.05, 3.63) is 65.2 Å². The quantitative estimate of drug-likeness (QED) is 0.452. The molecule has 172 valence electrons. The minimum atomic E-state index is -0.282. The van der Waals surface area contributed by atoms with Crippen LogP contribution in [-0.2, 0) is 12.0 Å². The number of nitrogens with one attached hydrogen (secondary N) is 2. The molecule has 0 amide bonds. The maximum atomic E-state index is 14.7. The maximum Gasteiger partial charge on any atom is 0.191 e. The minimum Gasteiger partial charge on any atom is -0.393 e. The number of nitrogens with zero attached hydrogens (tertiary/aromatic N) is 2. The van der Waals surface area contributed by atoms with Crippen molar-refractivity contribution in [1.82, 2.24) is 10.6 Å². The highest BCUT2D eigenvalue weighted by Gasteiger charge is 2.44. The summed E-state index contributed by atoms with van der Waals surface area (Å²) in [6, 6.07) is 12.1. The van der Waals surface area contributed by atoms with Crippen LogP contribution in [0.15, 0.2) is 47.5 Å². The van der Waals surface area contributed by atoms with Gasteiger partial charge in [-0.15, -0.1) is 0 Å². The molecule has 5 nitrogen and oxygen atoms in total. The third-order valence-electron chi connectivity index (χ3n) is 6.47. The Morgan fingerprint density at radius 2 is 1.91 bits per heavy atom. The third-order valence-corrected chi connectivity index (χ3v) is 6.47. The lowest BCUT2D eigenvalue weighted by atomic mass is 9.96. The minimum absolute atomic E-state index is 0.0476. The van der Waals surface area contributed by atoms with Gasteiger partial charge in [0.2, 0.25) is 0 Å². The van der Waals surface area contributed by atoms with Crippen molar-refractivity contribution in [2.24, 2.45) is 4.99 Å². The smallest absolute Gasteiger partial charge is 0.191 e. The van der Waals surface area contributed by atoms with Crippen LogP contribution in [-0.4, -0.2) is 43.3 Å². The topological polar surface area (TPSA) is 59.9 Å². The molecule has 3 N–H and O–H groups in total. The summed E-state index contributed by atoms with van der Waals surface area (Å²) in [5, 5.41) is 16.3. The predicted octanol–water partition coefficient (Wildman–Crippen LogP) is 3.71. The van der Waals surface area contributed by atoms with Crippen LogP contribution in [0.2, 0.25) is 0 Å². The van der Waals surface area contributed by atoms with Gasteiger partial charge < -0.3 is 20.6 Å². The number of hydrogen-bond acceptors (Lipinski definition) is 3. The molecule has 0 spiro atoms. The van der Waals surface area contributed by atoms with Gasteiger partial charge in [0.25, 0.3) is 0 Å². The number of hydrogen-bond donors (Lipinski definition) is 3. The van der Waals surface area contributed by atoms with Gasteiger partial charge in [-0.05, 0) is 68.0 Å². The van der Waals surface area contributed by atoms with Crippen molar-refractivity contribution in [2.75, 3.05) is 31.1 Å². The highest BCUT2D eigenvalue weighted by molar-refractivity contribution is 5.80. The van der Waals surface area contributed by atoms with E-state index >= 15 is 0 Å². The van der Waals surface area contributed by atoms with Crippen LogP contribution < -0.4 is 15.5 Å². The lowest BCUT2D eigenvalue weighted by Crippen LogP contribution is -2.41. The monoisotopic (exact) mass is 442 g/mol. The number of rotatable bonds is 7. The zero-order valence-electron chi connectivity index (χ0n) is 18.6.